The molecule has 0 spiro atoms. The number of methoxy groups -OCH3 is 2. The van der Waals surface area contributed by atoms with Crippen molar-refractivity contribution in [3.05, 3.63) is 47.8 Å². The fourth-order valence-electron chi connectivity index (χ4n) is 2.14. The summed E-state index contributed by atoms with van der Waals surface area (Å²) in [6.07, 6.45) is 6.83. The van der Waals surface area contributed by atoms with Gasteiger partial charge in [0.15, 0.2) is 0 Å². The van der Waals surface area contributed by atoms with Crippen molar-refractivity contribution in [2.45, 2.75) is 6.54 Å². The first-order chi connectivity index (χ1) is 11.0. The van der Waals surface area contributed by atoms with Crippen LogP contribution in [0.25, 0.3) is 6.08 Å². The number of likely N-dealkylation sites (N-methyl/N-ethyl adjacent to an activating group) is 1. The molecular formula is C17H21N3O3. The molecule has 1 aromatic heterocycles. The third kappa shape index (κ3) is 4.35. The Hall–Kier alpha value is -2.76. The van der Waals surface area contributed by atoms with Crippen molar-refractivity contribution in [1.82, 2.24) is 14.7 Å². The number of nitrogens with zero attached hydrogens (tertiary/aromatic N) is 3. The molecule has 1 amide bonds. The highest BCUT2D eigenvalue weighted by molar-refractivity contribution is 5.91. The second-order valence-electron chi connectivity index (χ2n) is 5.15. The number of carbonyl (C=O) groups is 1. The smallest absolute Gasteiger partial charge is 0.246 e. The first-order valence-corrected chi connectivity index (χ1v) is 7.16. The van der Waals surface area contributed by atoms with Crippen molar-refractivity contribution < 1.29 is 14.3 Å². The molecule has 122 valence electrons. The number of rotatable bonds is 6. The zero-order valence-electron chi connectivity index (χ0n) is 13.8. The molecule has 2 rings (SSSR count). The van der Waals surface area contributed by atoms with E-state index in [4.69, 9.17) is 9.47 Å². The number of hydrogen-bond donors (Lipinski definition) is 0. The molecule has 0 bridgehead atoms. The SMILES string of the molecule is COc1ccc(CN(C)C(=O)C=Cc2cnn(C)c2)c(OC)c1. The van der Waals surface area contributed by atoms with Crippen LogP contribution in [0.1, 0.15) is 11.1 Å². The maximum atomic E-state index is 12.2. The van der Waals surface area contributed by atoms with Crippen LogP contribution in [0.3, 0.4) is 0 Å². The molecule has 6 nitrogen and oxygen atoms in total. The highest BCUT2D eigenvalue weighted by Crippen LogP contribution is 2.25. The van der Waals surface area contributed by atoms with Crippen molar-refractivity contribution in [3.63, 3.8) is 0 Å². The van der Waals surface area contributed by atoms with Crippen molar-refractivity contribution in [1.29, 1.82) is 0 Å². The fraction of sp³-hybridized carbons (Fsp3) is 0.294. The third-order valence-electron chi connectivity index (χ3n) is 3.42. The van der Waals surface area contributed by atoms with Gasteiger partial charge in [-0.2, -0.15) is 5.10 Å². The van der Waals surface area contributed by atoms with Crippen molar-refractivity contribution in [2.24, 2.45) is 7.05 Å². The van der Waals surface area contributed by atoms with Crippen LogP contribution in [0, 0.1) is 0 Å². The molecule has 1 heterocycles. The number of aromatic nitrogens is 2. The first kappa shape index (κ1) is 16.6. The zero-order chi connectivity index (χ0) is 16.8. The van der Waals surface area contributed by atoms with Crippen LogP contribution in [0.15, 0.2) is 36.7 Å². The van der Waals surface area contributed by atoms with Gasteiger partial charge in [-0.25, -0.2) is 0 Å². The number of ether oxygens (including phenoxy) is 2. The topological polar surface area (TPSA) is 56.6 Å². The molecule has 0 saturated heterocycles. The monoisotopic (exact) mass is 315 g/mol. The molecule has 2 aromatic rings. The molecule has 0 N–H and O–H groups in total. The quantitative estimate of drug-likeness (QED) is 0.766. The van der Waals surface area contributed by atoms with Crippen LogP contribution >= 0.6 is 0 Å². The van der Waals surface area contributed by atoms with Gasteiger partial charge in [-0.3, -0.25) is 9.48 Å². The minimum absolute atomic E-state index is 0.0910. The largest absolute Gasteiger partial charge is 0.497 e. The Labute approximate surface area is 135 Å². The first-order valence-electron chi connectivity index (χ1n) is 7.16. The average Bonchev–Trinajstić information content (AvgIpc) is 2.98. The van der Waals surface area contributed by atoms with Gasteiger partial charge in [-0.05, 0) is 18.2 Å². The summed E-state index contributed by atoms with van der Waals surface area (Å²) in [7, 11) is 6.79. The van der Waals surface area contributed by atoms with Crippen molar-refractivity contribution in [2.75, 3.05) is 21.3 Å². The molecule has 23 heavy (non-hydrogen) atoms. The van der Waals surface area contributed by atoms with Crippen molar-refractivity contribution >= 4 is 12.0 Å². The molecular weight excluding hydrogens is 294 g/mol. The Kier molecular flexibility index (Phi) is 5.41. The molecule has 1 aromatic carbocycles. The summed E-state index contributed by atoms with van der Waals surface area (Å²) in [6, 6.07) is 5.55. The Morgan fingerprint density at radius 1 is 1.35 bits per heavy atom. The zero-order valence-corrected chi connectivity index (χ0v) is 13.8. The summed E-state index contributed by atoms with van der Waals surface area (Å²) in [5, 5.41) is 4.06. The Balaban J connectivity index is 2.04. The van der Waals surface area contributed by atoms with E-state index in [1.54, 1.807) is 49.2 Å². The fourth-order valence-corrected chi connectivity index (χ4v) is 2.14. The van der Waals surface area contributed by atoms with E-state index in [0.29, 0.717) is 12.3 Å². The van der Waals surface area contributed by atoms with Crippen molar-refractivity contribution in [3.8, 4) is 11.5 Å². The number of amides is 1. The Morgan fingerprint density at radius 2 is 2.13 bits per heavy atom. The number of benzene rings is 1. The van der Waals surface area contributed by atoms with Gasteiger partial charge in [0.25, 0.3) is 0 Å². The third-order valence-corrected chi connectivity index (χ3v) is 3.42. The average molecular weight is 315 g/mol. The summed E-state index contributed by atoms with van der Waals surface area (Å²) in [5.74, 6) is 1.32. The van der Waals surface area contributed by atoms with Crippen LogP contribution < -0.4 is 9.47 Å². The van der Waals surface area contributed by atoms with E-state index in [2.05, 4.69) is 5.10 Å². The van der Waals surface area contributed by atoms with Crippen LogP contribution in [-0.4, -0.2) is 41.9 Å². The maximum absolute atomic E-state index is 12.2. The minimum Gasteiger partial charge on any atom is -0.497 e. The van der Waals surface area contributed by atoms with Crippen LogP contribution in [0.4, 0.5) is 0 Å². The highest BCUT2D eigenvalue weighted by atomic mass is 16.5. The van der Waals surface area contributed by atoms with Crippen LogP contribution in [-0.2, 0) is 18.4 Å². The lowest BCUT2D eigenvalue weighted by molar-refractivity contribution is -0.125. The van der Waals surface area contributed by atoms with Gasteiger partial charge in [0.05, 0.1) is 20.4 Å². The summed E-state index contributed by atoms with van der Waals surface area (Å²) < 4.78 is 12.2. The van der Waals surface area contributed by atoms with E-state index in [-0.39, 0.29) is 5.91 Å². The Bertz CT molecular complexity index is 707. The Morgan fingerprint density at radius 3 is 2.74 bits per heavy atom. The van der Waals surface area contributed by atoms with Gasteiger partial charge in [0.1, 0.15) is 11.5 Å². The summed E-state index contributed by atoms with van der Waals surface area (Å²) >= 11 is 0. The predicted molar refractivity (Wildman–Crippen MR) is 88.3 cm³/mol. The highest BCUT2D eigenvalue weighted by Gasteiger charge is 2.11. The van der Waals surface area contributed by atoms with E-state index in [0.717, 1.165) is 16.9 Å². The van der Waals surface area contributed by atoms with Crippen LogP contribution in [0.5, 0.6) is 11.5 Å². The standard InChI is InChI=1S/C17H21N3O3/c1-19(17(21)8-5-13-10-18-20(2)11-13)12-14-6-7-15(22-3)9-16(14)23-4/h5-11H,12H2,1-4H3. The van der Waals surface area contributed by atoms with Gasteiger partial charge >= 0.3 is 0 Å². The summed E-state index contributed by atoms with van der Waals surface area (Å²) in [5.41, 5.74) is 1.80. The van der Waals surface area contributed by atoms with E-state index in [9.17, 15) is 4.79 Å². The second kappa shape index (κ2) is 7.49. The second-order valence-corrected chi connectivity index (χ2v) is 5.15. The van der Waals surface area contributed by atoms with Gasteiger partial charge in [-0.15, -0.1) is 0 Å². The number of carbonyl (C=O) groups excluding carboxylic acids is 1. The van der Waals surface area contributed by atoms with E-state index < -0.39 is 0 Å². The molecule has 0 aliphatic rings. The lowest BCUT2D eigenvalue weighted by Gasteiger charge is -2.17. The summed E-state index contributed by atoms with van der Waals surface area (Å²) in [4.78, 5) is 13.8. The lowest BCUT2D eigenvalue weighted by atomic mass is 10.1. The van der Waals surface area contributed by atoms with E-state index >= 15 is 0 Å². The molecule has 0 aliphatic carbocycles. The normalized spacial score (nSPS) is 10.8. The van der Waals surface area contributed by atoms with Crippen LogP contribution in [0.2, 0.25) is 0 Å². The molecule has 0 fully saturated rings. The van der Waals surface area contributed by atoms with Gasteiger partial charge < -0.3 is 14.4 Å². The van der Waals surface area contributed by atoms with E-state index in [1.165, 1.54) is 6.08 Å². The van der Waals surface area contributed by atoms with Gasteiger partial charge in [-0.1, -0.05) is 0 Å². The molecule has 6 heteroatoms. The predicted octanol–water partition coefficient (Wildman–Crippen LogP) is 2.11. The minimum atomic E-state index is -0.0910. The number of hydrogen-bond acceptors (Lipinski definition) is 4. The summed E-state index contributed by atoms with van der Waals surface area (Å²) in [6.45, 7) is 0.448. The molecule has 0 aliphatic heterocycles. The van der Waals surface area contributed by atoms with Gasteiger partial charge in [0.2, 0.25) is 5.91 Å². The molecule has 0 radical (unpaired) electrons. The maximum Gasteiger partial charge on any atom is 0.246 e. The van der Waals surface area contributed by atoms with E-state index in [1.807, 2.05) is 25.4 Å². The number of aryl methyl sites for hydroxylation is 1. The molecule has 0 atom stereocenters. The van der Waals surface area contributed by atoms with Gasteiger partial charge in [0, 0.05) is 50.1 Å². The molecule has 0 saturated carbocycles. The molecule has 0 unspecified atom stereocenters. The lowest BCUT2D eigenvalue weighted by Crippen LogP contribution is -2.24.